The Labute approximate surface area is 284 Å². The van der Waals surface area contributed by atoms with E-state index in [0.717, 1.165) is 0 Å². The van der Waals surface area contributed by atoms with Crippen LogP contribution in [0.25, 0.3) is 10.8 Å². The van der Waals surface area contributed by atoms with Gasteiger partial charge in [0.05, 0.1) is 18.7 Å². The van der Waals surface area contributed by atoms with E-state index < -0.39 is 151 Å². The summed E-state index contributed by atoms with van der Waals surface area (Å²) < 4.78 is 315. The fourth-order valence-corrected chi connectivity index (χ4v) is 5.16. The minimum atomic E-state index is -7.98. The minimum Gasteiger partial charge on any atom is -0.269 e. The maximum atomic E-state index is 15.5. The van der Waals surface area contributed by atoms with Crippen LogP contribution in [-0.2, 0) is 5.92 Å². The highest BCUT2D eigenvalue weighted by atomic mass is 19.4. The van der Waals surface area contributed by atoms with Crippen LogP contribution in [0.3, 0.4) is 0 Å². The van der Waals surface area contributed by atoms with Gasteiger partial charge in [-0.25, -0.2) is 0 Å². The molecule has 55 heavy (non-hydrogen) atoms. The summed E-state index contributed by atoms with van der Waals surface area (Å²) in [5, 5.41) is -3.80. The van der Waals surface area contributed by atoms with Crippen LogP contribution in [0.1, 0.15) is 47.0 Å². The summed E-state index contributed by atoms with van der Waals surface area (Å²) in [6.07, 6.45) is -22.2. The molecule has 29 heteroatoms. The molecule has 4 amide bonds. The lowest BCUT2D eigenvalue weighted by Crippen LogP contribution is -2.61. The largest absolute Gasteiger partial charge is 0.460 e. The molecule has 4 rings (SSSR count). The first-order valence-electron chi connectivity index (χ1n) is 13.4. The number of amides is 4. The van der Waals surface area contributed by atoms with E-state index in [0.29, 0.717) is 0 Å². The van der Waals surface area contributed by atoms with Gasteiger partial charge in [0, 0.05) is 33.0 Å². The number of benzene rings is 2. The fraction of sp³-hybridized carbons (Fsp3) is 0.462. The second kappa shape index (κ2) is 11.7. The van der Waals surface area contributed by atoms with Gasteiger partial charge in [0.2, 0.25) is 0 Å². The third-order valence-electron chi connectivity index (χ3n) is 8.00. The van der Waals surface area contributed by atoms with Crippen molar-refractivity contribution in [2.45, 2.75) is 60.0 Å². The first kappa shape index (κ1) is 43.1. The molecule has 0 aromatic heterocycles. The molecule has 2 heterocycles. The van der Waals surface area contributed by atoms with E-state index in [2.05, 4.69) is 0 Å². The van der Waals surface area contributed by atoms with Crippen molar-refractivity contribution in [1.82, 2.24) is 9.80 Å². The average molecular weight is 848 g/mol. The van der Waals surface area contributed by atoms with Crippen molar-refractivity contribution < 1.29 is 120 Å². The molecule has 0 bridgehead atoms. The van der Waals surface area contributed by atoms with Crippen LogP contribution in [0.5, 0.6) is 0 Å². The summed E-state index contributed by atoms with van der Waals surface area (Å²) in [7, 11) is 0. The topological polar surface area (TPSA) is 74.8 Å². The molecule has 0 saturated carbocycles. The number of alkyl halides is 23. The Balaban J connectivity index is 2.12. The van der Waals surface area contributed by atoms with Gasteiger partial charge in [-0.05, 0) is 18.2 Å². The van der Waals surface area contributed by atoms with Gasteiger partial charge in [-0.15, -0.1) is 0 Å². The molecule has 0 N–H and O–H groups in total. The molecule has 2 aliphatic rings. The van der Waals surface area contributed by atoms with Crippen molar-refractivity contribution in [2.75, 3.05) is 13.1 Å². The zero-order valence-corrected chi connectivity index (χ0v) is 24.9. The number of rotatable bonds is 9. The van der Waals surface area contributed by atoms with Crippen LogP contribution in [-0.4, -0.2) is 101 Å². The summed E-state index contributed by atoms with van der Waals surface area (Å²) in [5.41, 5.74) is -12.1. The second-order valence-electron chi connectivity index (χ2n) is 11.4. The molecule has 6 nitrogen and oxygen atoms in total. The quantitative estimate of drug-likeness (QED) is 0.187. The zero-order chi connectivity index (χ0) is 43.0. The SMILES string of the molecule is O=C1c2ccc3c4c(c(C(F)(F)C(F)(F)C(F)(F)C(F)(F)F)cc(c24)C(=O)N1CC(F)(F)C(F)(F)C(F)(F)F)C(=O)N(CC(F)(F)C(F)(F)C(F)(F)F)C3=O. The molecule has 2 aromatic carbocycles. The van der Waals surface area contributed by atoms with E-state index in [4.69, 9.17) is 0 Å². The number of imide groups is 2. The highest BCUT2D eigenvalue weighted by molar-refractivity contribution is 6.33. The van der Waals surface area contributed by atoms with Crippen LogP contribution < -0.4 is 0 Å². The Morgan fingerprint density at radius 2 is 0.727 bits per heavy atom. The zero-order valence-electron chi connectivity index (χ0n) is 24.9. The van der Waals surface area contributed by atoms with Crippen molar-refractivity contribution in [2.24, 2.45) is 0 Å². The molecule has 0 atom stereocenters. The van der Waals surface area contributed by atoms with Gasteiger partial charge < -0.3 is 0 Å². The molecule has 0 radical (unpaired) electrons. The van der Waals surface area contributed by atoms with Crippen molar-refractivity contribution >= 4 is 34.4 Å². The van der Waals surface area contributed by atoms with Gasteiger partial charge in [-0.1, -0.05) is 0 Å². The molecule has 0 aliphatic carbocycles. The lowest BCUT2D eigenvalue weighted by Gasteiger charge is -2.39. The minimum absolute atomic E-state index is 0.0642. The van der Waals surface area contributed by atoms with Crippen LogP contribution >= 0.6 is 0 Å². The van der Waals surface area contributed by atoms with Crippen molar-refractivity contribution in [3.8, 4) is 0 Å². The molecule has 306 valence electrons. The number of carbonyl (C=O) groups excluding carboxylic acids is 4. The van der Waals surface area contributed by atoms with Crippen LogP contribution in [0.15, 0.2) is 18.2 Å². The molecule has 0 saturated heterocycles. The Morgan fingerprint density at radius 3 is 1.09 bits per heavy atom. The third-order valence-corrected chi connectivity index (χ3v) is 8.00. The van der Waals surface area contributed by atoms with Gasteiger partial charge in [-0.2, -0.15) is 101 Å². The summed E-state index contributed by atoms with van der Waals surface area (Å²) in [6.45, 7) is -7.01. The molecule has 0 spiro atoms. The van der Waals surface area contributed by atoms with Gasteiger partial charge in [0.15, 0.2) is 0 Å². The number of halogens is 23. The lowest BCUT2D eigenvalue weighted by atomic mass is 9.80. The molecular formula is C26H7F23N2O4. The van der Waals surface area contributed by atoms with E-state index in [1.54, 1.807) is 0 Å². The smallest absolute Gasteiger partial charge is 0.269 e. The standard InChI is InChI=1S/C26H7F23N2O4/c27-17(28,20(33,34)24(41,42)43)4-50-13(52)6-1-2-7-11-10(6)8(15(50)54)3-9(19(31,32)22(37,38)23(39,40)26(47,48)49)12(11)16(55)51(14(7)53)5-18(29,30)21(35,36)25(44,45)46/h1-3H,4-5H2. The number of carbonyl (C=O) groups is 4. The van der Waals surface area contributed by atoms with Gasteiger partial charge in [-0.3, -0.25) is 29.0 Å². The predicted molar refractivity (Wildman–Crippen MR) is 126 cm³/mol. The molecular weight excluding hydrogens is 841 g/mol. The van der Waals surface area contributed by atoms with Crippen LogP contribution in [0.2, 0.25) is 0 Å². The van der Waals surface area contributed by atoms with Crippen molar-refractivity contribution in [3.05, 3.63) is 46.0 Å². The monoisotopic (exact) mass is 848 g/mol. The van der Waals surface area contributed by atoms with Gasteiger partial charge >= 0.3 is 60.0 Å². The summed E-state index contributed by atoms with van der Waals surface area (Å²) >= 11 is 0. The highest BCUT2D eigenvalue weighted by Gasteiger charge is 2.83. The Kier molecular flexibility index (Phi) is 9.17. The Morgan fingerprint density at radius 1 is 0.400 bits per heavy atom. The Hall–Kier alpha value is -4.63. The van der Waals surface area contributed by atoms with Gasteiger partial charge in [0.25, 0.3) is 23.6 Å². The molecule has 0 fully saturated rings. The first-order chi connectivity index (χ1) is 24.2. The second-order valence-corrected chi connectivity index (χ2v) is 11.4. The molecule has 0 unspecified atom stereocenters. The number of hydrogen-bond acceptors (Lipinski definition) is 4. The average Bonchev–Trinajstić information content (AvgIpc) is 3.00. The van der Waals surface area contributed by atoms with Crippen molar-refractivity contribution in [3.63, 3.8) is 0 Å². The maximum absolute atomic E-state index is 15.5. The van der Waals surface area contributed by atoms with E-state index in [1.807, 2.05) is 0 Å². The summed E-state index contributed by atoms with van der Waals surface area (Å²) in [4.78, 5) is 49.5. The van der Waals surface area contributed by atoms with E-state index in [1.165, 1.54) is 0 Å². The number of hydrogen-bond donors (Lipinski definition) is 0. The van der Waals surface area contributed by atoms with E-state index >= 15 is 8.78 Å². The van der Waals surface area contributed by atoms with Crippen LogP contribution in [0.4, 0.5) is 101 Å². The third kappa shape index (κ3) is 5.70. The van der Waals surface area contributed by atoms with Gasteiger partial charge in [0.1, 0.15) is 0 Å². The summed E-state index contributed by atoms with van der Waals surface area (Å²) in [6, 6.07) is -1.45. The fourth-order valence-electron chi connectivity index (χ4n) is 5.16. The normalized spacial score (nSPS) is 17.2. The molecule has 2 aliphatic heterocycles. The highest BCUT2D eigenvalue weighted by Crippen LogP contribution is 2.59. The van der Waals surface area contributed by atoms with Crippen molar-refractivity contribution in [1.29, 1.82) is 0 Å². The van der Waals surface area contributed by atoms with Crippen LogP contribution in [0, 0.1) is 0 Å². The Bertz CT molecular complexity index is 2010. The number of nitrogens with zero attached hydrogens (tertiary/aromatic N) is 2. The lowest BCUT2D eigenvalue weighted by molar-refractivity contribution is -0.399. The molecule has 2 aromatic rings. The summed E-state index contributed by atoms with van der Waals surface area (Å²) in [5.74, 6) is -62.5. The van der Waals surface area contributed by atoms with E-state index in [9.17, 15) is 111 Å². The maximum Gasteiger partial charge on any atom is 0.460 e. The predicted octanol–water partition coefficient (Wildman–Crippen LogP) is 8.62. The first-order valence-corrected chi connectivity index (χ1v) is 13.4. The van der Waals surface area contributed by atoms with E-state index in [-0.39, 0.29) is 12.1 Å².